The molecule has 1 saturated heterocycles. The van der Waals surface area contributed by atoms with E-state index in [2.05, 4.69) is 30.9 Å². The van der Waals surface area contributed by atoms with Crippen molar-refractivity contribution in [2.24, 2.45) is 0 Å². The van der Waals surface area contributed by atoms with Crippen molar-refractivity contribution >= 4 is 28.5 Å². The summed E-state index contributed by atoms with van der Waals surface area (Å²) in [5.41, 5.74) is 1.78. The molecule has 0 radical (unpaired) electrons. The van der Waals surface area contributed by atoms with Crippen molar-refractivity contribution in [1.29, 1.82) is 5.41 Å². The molecule has 3 heterocycles. The van der Waals surface area contributed by atoms with Gasteiger partial charge in [0.25, 0.3) is 5.91 Å². The normalized spacial score (nSPS) is 17.7. The first kappa shape index (κ1) is 25.3. The van der Waals surface area contributed by atoms with Gasteiger partial charge in [0.15, 0.2) is 5.65 Å². The largest absolute Gasteiger partial charge is 0.391 e. The van der Waals surface area contributed by atoms with Gasteiger partial charge in [-0.1, -0.05) is 0 Å². The van der Waals surface area contributed by atoms with E-state index in [1.54, 1.807) is 34.0 Å². The number of benzene rings is 1. The molecule has 34 heavy (non-hydrogen) atoms. The van der Waals surface area contributed by atoms with E-state index >= 15 is 0 Å². The van der Waals surface area contributed by atoms with Crippen LogP contribution in [0, 0.1) is 11.2 Å². The molecule has 1 atom stereocenters. The molecule has 9 nitrogen and oxygen atoms in total. The van der Waals surface area contributed by atoms with Crippen LogP contribution in [0.1, 0.15) is 55.7 Å². The second-order valence-electron chi connectivity index (χ2n) is 9.58. The minimum absolute atomic E-state index is 0.0864. The molecular formula is C24H32FN7O2. The van der Waals surface area contributed by atoms with E-state index in [0.717, 1.165) is 13.0 Å². The molecule has 182 valence electrons. The van der Waals surface area contributed by atoms with Gasteiger partial charge in [-0.2, -0.15) is 0 Å². The van der Waals surface area contributed by atoms with Gasteiger partial charge in [-0.25, -0.2) is 14.4 Å². The lowest BCUT2D eigenvalue weighted by atomic mass is 10.0. The summed E-state index contributed by atoms with van der Waals surface area (Å²) in [6.07, 6.45) is 3.89. The predicted molar refractivity (Wildman–Crippen MR) is 131 cm³/mol. The zero-order valence-corrected chi connectivity index (χ0v) is 20.1. The highest BCUT2D eigenvalue weighted by Gasteiger charge is 2.31. The van der Waals surface area contributed by atoms with E-state index < -0.39 is 11.4 Å². The second kappa shape index (κ2) is 9.86. The summed E-state index contributed by atoms with van der Waals surface area (Å²) < 4.78 is 13.5. The first-order chi connectivity index (χ1) is 15.9. The highest BCUT2D eigenvalue weighted by molar-refractivity contribution is 6.14. The standard InChI is InChI=1S/C20H22FN7O.C4H10O/c1-20(5-6-24-10-20)28-19(29)13-8-25-18-17(13)27-15(9-26-18)16(22)12-4-3-11(21)7-14(12)23-2;1-4(2,3)5/h3-4,7-9,22-24H,5-6,10H2,1-2H3,(H,25,26)(H,28,29);5H,1-3H3. The first-order valence-electron chi connectivity index (χ1n) is 11.1. The van der Waals surface area contributed by atoms with E-state index in [1.165, 1.54) is 24.4 Å². The second-order valence-corrected chi connectivity index (χ2v) is 9.58. The molecule has 1 unspecified atom stereocenters. The van der Waals surface area contributed by atoms with E-state index in [0.29, 0.717) is 40.2 Å². The number of hydrogen-bond acceptors (Lipinski definition) is 7. The molecule has 1 aromatic carbocycles. The van der Waals surface area contributed by atoms with Gasteiger partial charge < -0.3 is 26.0 Å². The molecule has 1 fully saturated rings. The number of aliphatic hydroxyl groups is 1. The Hall–Kier alpha value is -3.37. The van der Waals surface area contributed by atoms with Gasteiger partial charge >= 0.3 is 0 Å². The van der Waals surface area contributed by atoms with E-state index in [9.17, 15) is 9.18 Å². The van der Waals surface area contributed by atoms with E-state index in [-0.39, 0.29) is 17.2 Å². The maximum atomic E-state index is 13.5. The van der Waals surface area contributed by atoms with Crippen LogP contribution < -0.4 is 16.0 Å². The fourth-order valence-electron chi connectivity index (χ4n) is 3.53. The van der Waals surface area contributed by atoms with Crippen LogP contribution in [0.3, 0.4) is 0 Å². The number of fused-ring (bicyclic) bond motifs is 1. The highest BCUT2D eigenvalue weighted by Crippen LogP contribution is 2.22. The fraction of sp³-hybridized carbons (Fsp3) is 0.417. The Balaban J connectivity index is 0.000000588. The van der Waals surface area contributed by atoms with E-state index in [4.69, 9.17) is 10.5 Å². The molecule has 10 heteroatoms. The SMILES string of the molecule is CC(C)(C)O.CNc1cc(F)ccc1C(=N)c1cnc2[nH]cc(C(=O)NC3(C)CCNC3)c2n1. The molecule has 1 aliphatic heterocycles. The Bertz CT molecular complexity index is 1190. The summed E-state index contributed by atoms with van der Waals surface area (Å²) in [5, 5.41) is 26.2. The number of aromatic nitrogens is 3. The van der Waals surface area contributed by atoms with Crippen molar-refractivity contribution in [3.05, 3.63) is 53.2 Å². The van der Waals surface area contributed by atoms with Gasteiger partial charge in [0.05, 0.1) is 28.6 Å². The number of amides is 1. The number of anilines is 1. The number of H-pyrrole nitrogens is 1. The number of halogens is 1. The van der Waals surface area contributed by atoms with Gasteiger partial charge in [0, 0.05) is 31.0 Å². The summed E-state index contributed by atoms with van der Waals surface area (Å²) in [4.78, 5) is 24.6. The number of rotatable bonds is 5. The Morgan fingerprint density at radius 1 is 1.29 bits per heavy atom. The van der Waals surface area contributed by atoms with Crippen molar-refractivity contribution in [1.82, 2.24) is 25.6 Å². The topological polar surface area (TPSA) is 139 Å². The fourth-order valence-corrected chi connectivity index (χ4v) is 3.53. The van der Waals surface area contributed by atoms with E-state index in [1.807, 2.05) is 6.92 Å². The summed E-state index contributed by atoms with van der Waals surface area (Å²) in [5.74, 6) is -0.634. The van der Waals surface area contributed by atoms with Crippen molar-refractivity contribution in [3.8, 4) is 0 Å². The minimum atomic E-state index is -0.500. The summed E-state index contributed by atoms with van der Waals surface area (Å²) >= 11 is 0. The van der Waals surface area contributed by atoms with Gasteiger partial charge in [0.1, 0.15) is 17.0 Å². The lowest BCUT2D eigenvalue weighted by Crippen LogP contribution is -2.47. The molecule has 2 aromatic heterocycles. The maximum absolute atomic E-state index is 13.5. The number of hydrogen-bond donors (Lipinski definition) is 6. The zero-order chi connectivity index (χ0) is 25.1. The van der Waals surface area contributed by atoms with Gasteiger partial charge in [0.2, 0.25) is 0 Å². The molecule has 6 N–H and O–H groups in total. The lowest BCUT2D eigenvalue weighted by Gasteiger charge is -2.24. The molecule has 4 rings (SSSR count). The monoisotopic (exact) mass is 469 g/mol. The Morgan fingerprint density at radius 3 is 2.62 bits per heavy atom. The van der Waals surface area contributed by atoms with Crippen molar-refractivity contribution < 1.29 is 14.3 Å². The average molecular weight is 470 g/mol. The number of nitrogens with zero attached hydrogens (tertiary/aromatic N) is 2. The molecule has 3 aromatic rings. The summed E-state index contributed by atoms with van der Waals surface area (Å²) in [6, 6.07) is 4.14. The smallest absolute Gasteiger partial charge is 0.255 e. The van der Waals surface area contributed by atoms with Crippen LogP contribution in [-0.2, 0) is 0 Å². The third-order valence-corrected chi connectivity index (χ3v) is 5.19. The van der Waals surface area contributed by atoms with Gasteiger partial charge in [-0.3, -0.25) is 10.2 Å². The maximum Gasteiger partial charge on any atom is 0.255 e. The number of carbonyl (C=O) groups is 1. The predicted octanol–water partition coefficient (Wildman–Crippen LogP) is 2.81. The van der Waals surface area contributed by atoms with Crippen LogP contribution in [0.5, 0.6) is 0 Å². The Morgan fingerprint density at radius 2 is 2.00 bits per heavy atom. The number of nitrogens with one attached hydrogen (secondary N) is 5. The molecular weight excluding hydrogens is 437 g/mol. The van der Waals surface area contributed by atoms with Crippen LogP contribution in [0.4, 0.5) is 10.1 Å². The molecule has 0 spiro atoms. The van der Waals surface area contributed by atoms with Crippen LogP contribution in [0.25, 0.3) is 11.2 Å². The molecule has 0 aliphatic carbocycles. The van der Waals surface area contributed by atoms with Crippen LogP contribution >= 0.6 is 0 Å². The molecule has 1 aliphatic rings. The van der Waals surface area contributed by atoms with Gasteiger partial charge in [-0.15, -0.1) is 0 Å². The molecule has 0 saturated carbocycles. The first-order valence-corrected chi connectivity index (χ1v) is 11.1. The third kappa shape index (κ3) is 6.15. The van der Waals surface area contributed by atoms with Gasteiger partial charge in [-0.05, 0) is 58.9 Å². The Labute approximate surface area is 198 Å². The summed E-state index contributed by atoms with van der Waals surface area (Å²) in [6.45, 7) is 8.80. The zero-order valence-electron chi connectivity index (χ0n) is 20.1. The highest BCUT2D eigenvalue weighted by atomic mass is 19.1. The van der Waals surface area contributed by atoms with Crippen molar-refractivity contribution in [2.75, 3.05) is 25.5 Å². The molecule has 1 amide bonds. The quantitative estimate of drug-likeness (QED) is 0.318. The minimum Gasteiger partial charge on any atom is -0.391 e. The van der Waals surface area contributed by atoms with Crippen LogP contribution in [0.2, 0.25) is 0 Å². The van der Waals surface area contributed by atoms with Crippen LogP contribution in [-0.4, -0.2) is 63.0 Å². The lowest BCUT2D eigenvalue weighted by molar-refractivity contribution is 0.0914. The Kier molecular flexibility index (Phi) is 7.32. The summed E-state index contributed by atoms with van der Waals surface area (Å²) in [7, 11) is 1.66. The number of carbonyl (C=O) groups excluding carboxylic acids is 1. The third-order valence-electron chi connectivity index (χ3n) is 5.19. The average Bonchev–Trinajstić information content (AvgIpc) is 3.37. The number of aromatic amines is 1. The molecule has 0 bridgehead atoms. The van der Waals surface area contributed by atoms with Crippen molar-refractivity contribution in [2.45, 2.75) is 45.3 Å². The van der Waals surface area contributed by atoms with Crippen molar-refractivity contribution in [3.63, 3.8) is 0 Å². The van der Waals surface area contributed by atoms with Crippen LogP contribution in [0.15, 0.2) is 30.6 Å².